The van der Waals surface area contributed by atoms with Crippen LogP contribution in [-0.2, 0) is 11.3 Å². The second-order valence-corrected chi connectivity index (χ2v) is 8.08. The molecule has 2 aliphatic rings. The lowest BCUT2D eigenvalue weighted by molar-refractivity contribution is 0.0205. The molecule has 3 heterocycles. The number of hydrogen-bond donors (Lipinski definition) is 1. The third kappa shape index (κ3) is 3.11. The number of nitrogens with one attached hydrogen (secondary N) is 1. The Hall–Kier alpha value is -1.56. The first kappa shape index (κ1) is 15.3. The maximum absolute atomic E-state index is 12.1. The number of hydrogen-bond acceptors (Lipinski definition) is 4. The Bertz CT molecular complexity index is 595. The van der Waals surface area contributed by atoms with Crippen molar-refractivity contribution < 1.29 is 14.3 Å². The third-order valence-corrected chi connectivity index (χ3v) is 5.33. The number of carbonyl (C=O) groups excluding carboxylic acids is 2. The van der Waals surface area contributed by atoms with Crippen molar-refractivity contribution in [1.29, 1.82) is 0 Å². The van der Waals surface area contributed by atoms with Crippen LogP contribution in [0.4, 0.5) is 4.79 Å². The minimum absolute atomic E-state index is 0.0451. The fraction of sp³-hybridized carbons (Fsp3) is 0.625. The summed E-state index contributed by atoms with van der Waals surface area (Å²) < 4.78 is 5.42. The number of nitrogens with zero attached hydrogens (tertiary/aromatic N) is 1. The van der Waals surface area contributed by atoms with Gasteiger partial charge in [0.15, 0.2) is 0 Å². The Morgan fingerprint density at radius 3 is 2.64 bits per heavy atom. The summed E-state index contributed by atoms with van der Waals surface area (Å²) in [5.41, 5.74) is 0.394. The minimum Gasteiger partial charge on any atom is -0.444 e. The molecular formula is C16H22N2O3S. The molecule has 0 atom stereocenters. The van der Waals surface area contributed by atoms with Gasteiger partial charge in [-0.2, -0.15) is 0 Å². The van der Waals surface area contributed by atoms with Crippen LogP contribution in [0.25, 0.3) is 0 Å². The van der Waals surface area contributed by atoms with E-state index in [1.807, 2.05) is 26.8 Å². The predicted octanol–water partition coefficient (Wildman–Crippen LogP) is 3.11. The molecule has 0 spiro atoms. The van der Waals surface area contributed by atoms with E-state index in [4.69, 9.17) is 4.74 Å². The Balaban J connectivity index is 1.59. The molecule has 22 heavy (non-hydrogen) atoms. The first-order valence-corrected chi connectivity index (χ1v) is 8.54. The molecule has 0 saturated carbocycles. The van der Waals surface area contributed by atoms with Crippen LogP contribution in [0, 0.1) is 0 Å². The average molecular weight is 322 g/mol. The van der Waals surface area contributed by atoms with Crippen molar-refractivity contribution in [2.24, 2.45) is 0 Å². The second-order valence-electron chi connectivity index (χ2n) is 6.91. The highest BCUT2D eigenvalue weighted by molar-refractivity contribution is 7.12. The van der Waals surface area contributed by atoms with Gasteiger partial charge in [-0.05, 0) is 45.6 Å². The summed E-state index contributed by atoms with van der Waals surface area (Å²) >= 11 is 1.73. The van der Waals surface area contributed by atoms with Gasteiger partial charge < -0.3 is 15.0 Å². The molecule has 1 aromatic heterocycles. The Morgan fingerprint density at radius 1 is 1.36 bits per heavy atom. The van der Waals surface area contributed by atoms with Gasteiger partial charge >= 0.3 is 6.09 Å². The van der Waals surface area contributed by atoms with E-state index in [2.05, 4.69) is 5.32 Å². The van der Waals surface area contributed by atoms with Crippen molar-refractivity contribution >= 4 is 23.3 Å². The zero-order chi connectivity index (χ0) is 15.9. The van der Waals surface area contributed by atoms with Crippen LogP contribution in [0.3, 0.4) is 0 Å². The minimum atomic E-state index is -0.449. The number of likely N-dealkylation sites (tertiary alicyclic amines) is 1. The second kappa shape index (κ2) is 5.57. The summed E-state index contributed by atoms with van der Waals surface area (Å²) in [5.74, 6) is 0.491. The lowest BCUT2D eigenvalue weighted by Gasteiger charge is -2.33. The molecule has 1 saturated heterocycles. The van der Waals surface area contributed by atoms with Crippen LogP contribution < -0.4 is 5.32 Å². The van der Waals surface area contributed by atoms with E-state index in [1.165, 1.54) is 4.88 Å². The lowest BCUT2D eigenvalue weighted by Crippen LogP contribution is -2.41. The van der Waals surface area contributed by atoms with Crippen molar-refractivity contribution in [3.63, 3.8) is 0 Å². The van der Waals surface area contributed by atoms with E-state index in [1.54, 1.807) is 16.2 Å². The molecule has 6 heteroatoms. The summed E-state index contributed by atoms with van der Waals surface area (Å²) in [6.45, 7) is 7.75. The van der Waals surface area contributed by atoms with Gasteiger partial charge in [0.05, 0.1) is 12.1 Å². The van der Waals surface area contributed by atoms with Crippen molar-refractivity contribution in [2.75, 3.05) is 13.1 Å². The molecule has 2 aliphatic heterocycles. The van der Waals surface area contributed by atoms with Crippen LogP contribution in [0.2, 0.25) is 0 Å². The molecule has 1 N–H and O–H groups in total. The average Bonchev–Trinajstić information content (AvgIpc) is 3.00. The number of amides is 2. The van der Waals surface area contributed by atoms with Crippen molar-refractivity contribution in [3.8, 4) is 0 Å². The Kier molecular flexibility index (Phi) is 3.89. The zero-order valence-electron chi connectivity index (χ0n) is 13.3. The van der Waals surface area contributed by atoms with E-state index in [0.717, 1.165) is 23.3 Å². The fourth-order valence-electron chi connectivity index (χ4n) is 2.90. The fourth-order valence-corrected chi connectivity index (χ4v) is 4.17. The van der Waals surface area contributed by atoms with Crippen molar-refractivity contribution in [1.82, 2.24) is 10.2 Å². The molecule has 1 fully saturated rings. The van der Waals surface area contributed by atoms with Gasteiger partial charge in [-0.15, -0.1) is 11.3 Å². The first-order chi connectivity index (χ1) is 10.3. The number of rotatable bonds is 1. The quantitative estimate of drug-likeness (QED) is 0.864. The maximum Gasteiger partial charge on any atom is 0.410 e. The van der Waals surface area contributed by atoms with E-state index in [0.29, 0.717) is 25.6 Å². The number of carbonyl (C=O) groups is 2. The van der Waals surface area contributed by atoms with Crippen molar-refractivity contribution in [3.05, 3.63) is 21.4 Å². The monoisotopic (exact) mass is 322 g/mol. The van der Waals surface area contributed by atoms with E-state index >= 15 is 0 Å². The van der Waals surface area contributed by atoms with Crippen molar-refractivity contribution in [2.45, 2.75) is 51.7 Å². The molecule has 0 aromatic carbocycles. The van der Waals surface area contributed by atoms with Crippen LogP contribution >= 0.6 is 11.3 Å². The Labute approximate surface area is 134 Å². The smallest absolute Gasteiger partial charge is 0.410 e. The lowest BCUT2D eigenvalue weighted by atomic mass is 9.95. The molecule has 120 valence electrons. The third-order valence-electron chi connectivity index (χ3n) is 4.03. The number of thiophene rings is 1. The molecule has 0 bridgehead atoms. The summed E-state index contributed by atoms with van der Waals surface area (Å²) in [7, 11) is 0. The summed E-state index contributed by atoms with van der Waals surface area (Å²) in [5, 5.41) is 2.84. The first-order valence-electron chi connectivity index (χ1n) is 7.72. The van der Waals surface area contributed by atoms with Crippen LogP contribution in [0.1, 0.15) is 59.6 Å². The highest BCUT2D eigenvalue weighted by Gasteiger charge is 2.30. The molecule has 3 rings (SSSR count). The summed E-state index contributed by atoms with van der Waals surface area (Å²) in [4.78, 5) is 27.9. The number of fused-ring (bicyclic) bond motifs is 1. The highest BCUT2D eigenvalue weighted by Crippen LogP contribution is 2.36. The predicted molar refractivity (Wildman–Crippen MR) is 85.3 cm³/mol. The van der Waals surface area contributed by atoms with E-state index in [9.17, 15) is 9.59 Å². The standard InChI is InChI=1S/C16H22N2O3S/c1-16(2,3)21-15(20)18-6-4-10(5-7-18)12-8-11-13(22-12)9-17-14(11)19/h8,10H,4-7,9H2,1-3H3,(H,17,19). The zero-order valence-corrected chi connectivity index (χ0v) is 14.1. The molecule has 0 aliphatic carbocycles. The van der Waals surface area contributed by atoms with E-state index < -0.39 is 5.60 Å². The van der Waals surface area contributed by atoms with Gasteiger partial charge in [0, 0.05) is 22.8 Å². The number of ether oxygens (including phenoxy) is 1. The van der Waals surface area contributed by atoms with Crippen LogP contribution in [0.15, 0.2) is 6.07 Å². The van der Waals surface area contributed by atoms with Gasteiger partial charge in [0.1, 0.15) is 5.60 Å². The molecule has 0 radical (unpaired) electrons. The van der Waals surface area contributed by atoms with Gasteiger partial charge in [-0.3, -0.25) is 4.79 Å². The van der Waals surface area contributed by atoms with E-state index in [-0.39, 0.29) is 12.0 Å². The Morgan fingerprint density at radius 2 is 2.05 bits per heavy atom. The van der Waals surface area contributed by atoms with Crippen LogP contribution in [0.5, 0.6) is 0 Å². The normalized spacial score (nSPS) is 19.0. The van der Waals surface area contributed by atoms with Gasteiger partial charge in [-0.25, -0.2) is 4.79 Å². The largest absolute Gasteiger partial charge is 0.444 e. The topological polar surface area (TPSA) is 58.6 Å². The van der Waals surface area contributed by atoms with Gasteiger partial charge in [-0.1, -0.05) is 0 Å². The molecule has 1 aromatic rings. The molecule has 2 amide bonds. The summed E-state index contributed by atoms with van der Waals surface area (Å²) in [6, 6.07) is 2.04. The number of piperidine rings is 1. The SMILES string of the molecule is CC(C)(C)OC(=O)N1CCC(c2cc3c(s2)CNC3=O)CC1. The molecule has 0 unspecified atom stereocenters. The summed E-state index contributed by atoms with van der Waals surface area (Å²) in [6.07, 6.45) is 1.64. The van der Waals surface area contributed by atoms with Gasteiger partial charge in [0.25, 0.3) is 5.91 Å². The highest BCUT2D eigenvalue weighted by atomic mass is 32.1. The molecule has 5 nitrogen and oxygen atoms in total. The maximum atomic E-state index is 12.1. The molecular weight excluding hydrogens is 300 g/mol. The van der Waals surface area contributed by atoms with Crippen LogP contribution in [-0.4, -0.2) is 35.6 Å². The van der Waals surface area contributed by atoms with Gasteiger partial charge in [0.2, 0.25) is 0 Å².